The molecule has 5 heteroatoms. The summed E-state index contributed by atoms with van der Waals surface area (Å²) in [6, 6.07) is 9.52. The molecule has 0 aliphatic rings. The average molecular weight is 263 g/mol. The average Bonchev–Trinajstić information content (AvgIpc) is 2.38. The summed E-state index contributed by atoms with van der Waals surface area (Å²) in [6.45, 7) is 2.20. The van der Waals surface area contributed by atoms with Crippen LogP contribution in [0.3, 0.4) is 0 Å². The van der Waals surface area contributed by atoms with E-state index in [1.54, 1.807) is 0 Å². The summed E-state index contributed by atoms with van der Waals surface area (Å²) in [4.78, 5) is 34.2. The van der Waals surface area contributed by atoms with Gasteiger partial charge in [-0.05, 0) is 12.5 Å². The lowest BCUT2D eigenvalue weighted by atomic mass is 10.2. The number of ketones is 1. The second kappa shape index (κ2) is 8.02. The van der Waals surface area contributed by atoms with Crippen LogP contribution < -0.4 is 0 Å². The molecule has 19 heavy (non-hydrogen) atoms. The second-order valence-electron chi connectivity index (χ2n) is 4.16. The number of carbonyl (C=O) groups is 3. The zero-order valence-electron chi connectivity index (χ0n) is 10.9. The van der Waals surface area contributed by atoms with Crippen molar-refractivity contribution < 1.29 is 19.1 Å². The van der Waals surface area contributed by atoms with Crippen LogP contribution in [0.4, 0.5) is 0 Å². The zero-order chi connectivity index (χ0) is 14.1. The van der Waals surface area contributed by atoms with Crippen molar-refractivity contribution in [1.82, 2.24) is 4.90 Å². The topological polar surface area (TPSA) is 63.7 Å². The van der Waals surface area contributed by atoms with E-state index in [0.717, 1.165) is 5.56 Å². The molecule has 1 aromatic carbocycles. The summed E-state index contributed by atoms with van der Waals surface area (Å²) in [6.07, 6.45) is 0.492. The lowest BCUT2D eigenvalue weighted by Gasteiger charge is -2.17. The SMILES string of the molecule is CC(=O)CC(=O)OCCN(C=O)Cc1ccccc1. The fraction of sp³-hybridized carbons (Fsp3) is 0.357. The quantitative estimate of drug-likeness (QED) is 0.401. The van der Waals surface area contributed by atoms with Gasteiger partial charge in [0.1, 0.15) is 18.8 Å². The van der Waals surface area contributed by atoms with Gasteiger partial charge in [-0.25, -0.2) is 0 Å². The van der Waals surface area contributed by atoms with Gasteiger partial charge >= 0.3 is 5.97 Å². The van der Waals surface area contributed by atoms with E-state index in [1.165, 1.54) is 11.8 Å². The summed E-state index contributed by atoms with van der Waals surface area (Å²) >= 11 is 0. The standard InChI is InChI=1S/C14H17NO4/c1-12(17)9-14(18)19-8-7-15(11-16)10-13-5-3-2-4-6-13/h2-6,11H,7-10H2,1H3. The Kier molecular flexibility index (Phi) is 6.29. The number of esters is 1. The first-order valence-electron chi connectivity index (χ1n) is 6.00. The minimum atomic E-state index is -0.557. The normalized spacial score (nSPS) is 9.74. The van der Waals surface area contributed by atoms with Crippen LogP contribution in [-0.2, 0) is 25.7 Å². The van der Waals surface area contributed by atoms with Crippen LogP contribution in [0.15, 0.2) is 30.3 Å². The Labute approximate surface area is 112 Å². The van der Waals surface area contributed by atoms with Crippen LogP contribution in [0.1, 0.15) is 18.9 Å². The predicted molar refractivity (Wildman–Crippen MR) is 69.2 cm³/mol. The third-order valence-corrected chi connectivity index (χ3v) is 2.41. The summed E-state index contributed by atoms with van der Waals surface area (Å²) in [5, 5.41) is 0. The summed E-state index contributed by atoms with van der Waals surface area (Å²) in [5.74, 6) is -0.792. The van der Waals surface area contributed by atoms with E-state index < -0.39 is 5.97 Å². The monoisotopic (exact) mass is 263 g/mol. The van der Waals surface area contributed by atoms with Gasteiger partial charge in [0.2, 0.25) is 6.41 Å². The molecule has 0 spiro atoms. The molecule has 0 atom stereocenters. The lowest BCUT2D eigenvalue weighted by Crippen LogP contribution is -2.27. The zero-order valence-corrected chi connectivity index (χ0v) is 10.9. The van der Waals surface area contributed by atoms with E-state index in [1.807, 2.05) is 30.3 Å². The Balaban J connectivity index is 2.31. The molecular weight excluding hydrogens is 246 g/mol. The van der Waals surface area contributed by atoms with Gasteiger partial charge in [-0.3, -0.25) is 14.4 Å². The van der Waals surface area contributed by atoms with Crippen molar-refractivity contribution in [3.05, 3.63) is 35.9 Å². The molecular formula is C14H17NO4. The van der Waals surface area contributed by atoms with Crippen LogP contribution in [-0.4, -0.2) is 36.2 Å². The largest absolute Gasteiger partial charge is 0.463 e. The Hall–Kier alpha value is -2.17. The van der Waals surface area contributed by atoms with Crippen LogP contribution in [0, 0.1) is 0 Å². The first kappa shape index (κ1) is 14.9. The summed E-state index contributed by atoms with van der Waals surface area (Å²) in [5.41, 5.74) is 1.00. The van der Waals surface area contributed by atoms with Gasteiger partial charge in [0.05, 0.1) is 6.54 Å². The van der Waals surface area contributed by atoms with E-state index in [9.17, 15) is 14.4 Å². The van der Waals surface area contributed by atoms with E-state index >= 15 is 0 Å². The van der Waals surface area contributed by atoms with Gasteiger partial charge in [0, 0.05) is 6.54 Å². The van der Waals surface area contributed by atoms with Crippen LogP contribution in [0.25, 0.3) is 0 Å². The number of hydrogen-bond donors (Lipinski definition) is 0. The molecule has 0 aliphatic heterocycles. The van der Waals surface area contributed by atoms with Gasteiger partial charge in [0.15, 0.2) is 0 Å². The molecule has 1 rings (SSSR count). The number of ether oxygens (including phenoxy) is 1. The highest BCUT2D eigenvalue weighted by atomic mass is 16.5. The number of Topliss-reactive ketones (excluding diaryl/α,β-unsaturated/α-hetero) is 1. The maximum absolute atomic E-state index is 11.1. The first-order valence-corrected chi connectivity index (χ1v) is 6.00. The molecule has 0 aromatic heterocycles. The highest BCUT2D eigenvalue weighted by molar-refractivity contribution is 5.94. The highest BCUT2D eigenvalue weighted by Gasteiger charge is 2.08. The number of benzene rings is 1. The maximum atomic E-state index is 11.1. The lowest BCUT2D eigenvalue weighted by molar-refractivity contribution is -0.146. The van der Waals surface area contributed by atoms with E-state index in [-0.39, 0.29) is 18.8 Å². The Morgan fingerprint density at radius 1 is 1.26 bits per heavy atom. The van der Waals surface area contributed by atoms with Crippen molar-refractivity contribution in [3.8, 4) is 0 Å². The van der Waals surface area contributed by atoms with Crippen LogP contribution in [0.2, 0.25) is 0 Å². The smallest absolute Gasteiger partial charge is 0.313 e. The number of rotatable bonds is 8. The van der Waals surface area contributed by atoms with Crippen LogP contribution in [0.5, 0.6) is 0 Å². The molecule has 1 aromatic rings. The summed E-state index contributed by atoms with van der Waals surface area (Å²) in [7, 11) is 0. The predicted octanol–water partition coefficient (Wildman–Crippen LogP) is 1.17. The number of amides is 1. The van der Waals surface area contributed by atoms with E-state index in [4.69, 9.17) is 4.74 Å². The molecule has 1 amide bonds. The van der Waals surface area contributed by atoms with Crippen molar-refractivity contribution >= 4 is 18.2 Å². The van der Waals surface area contributed by atoms with E-state index in [2.05, 4.69) is 0 Å². The second-order valence-corrected chi connectivity index (χ2v) is 4.16. The minimum absolute atomic E-state index is 0.0949. The Morgan fingerprint density at radius 2 is 1.95 bits per heavy atom. The number of hydrogen-bond acceptors (Lipinski definition) is 4. The highest BCUT2D eigenvalue weighted by Crippen LogP contribution is 2.02. The molecule has 0 fully saturated rings. The third-order valence-electron chi connectivity index (χ3n) is 2.41. The van der Waals surface area contributed by atoms with Crippen LogP contribution >= 0.6 is 0 Å². The first-order chi connectivity index (χ1) is 9.11. The minimum Gasteiger partial charge on any atom is -0.463 e. The van der Waals surface area contributed by atoms with Gasteiger partial charge in [0.25, 0.3) is 0 Å². The van der Waals surface area contributed by atoms with Gasteiger partial charge in [-0.15, -0.1) is 0 Å². The molecule has 0 saturated carbocycles. The summed E-state index contributed by atoms with van der Waals surface area (Å²) < 4.78 is 4.86. The maximum Gasteiger partial charge on any atom is 0.313 e. The molecule has 5 nitrogen and oxygen atoms in total. The number of nitrogens with zero attached hydrogens (tertiary/aromatic N) is 1. The van der Waals surface area contributed by atoms with E-state index in [0.29, 0.717) is 19.5 Å². The van der Waals surface area contributed by atoms with Gasteiger partial charge < -0.3 is 9.64 Å². The molecule has 0 N–H and O–H groups in total. The van der Waals surface area contributed by atoms with Gasteiger partial charge in [-0.1, -0.05) is 30.3 Å². The fourth-order valence-corrected chi connectivity index (χ4v) is 1.52. The molecule has 0 unspecified atom stereocenters. The van der Waals surface area contributed by atoms with Crippen molar-refractivity contribution in [2.24, 2.45) is 0 Å². The molecule has 0 bridgehead atoms. The Bertz CT molecular complexity index is 430. The van der Waals surface area contributed by atoms with Crippen molar-refractivity contribution in [3.63, 3.8) is 0 Å². The molecule has 0 saturated heterocycles. The molecule has 0 aliphatic carbocycles. The molecule has 0 radical (unpaired) electrons. The van der Waals surface area contributed by atoms with Crippen molar-refractivity contribution in [2.45, 2.75) is 19.9 Å². The number of carbonyl (C=O) groups excluding carboxylic acids is 3. The molecule has 0 heterocycles. The van der Waals surface area contributed by atoms with Crippen molar-refractivity contribution in [1.29, 1.82) is 0 Å². The third kappa shape index (κ3) is 6.35. The fourth-order valence-electron chi connectivity index (χ4n) is 1.52. The van der Waals surface area contributed by atoms with Crippen molar-refractivity contribution in [2.75, 3.05) is 13.2 Å². The Morgan fingerprint density at radius 3 is 2.53 bits per heavy atom. The molecule has 102 valence electrons. The van der Waals surface area contributed by atoms with Gasteiger partial charge in [-0.2, -0.15) is 0 Å².